The second-order valence-corrected chi connectivity index (χ2v) is 9.86. The highest BCUT2D eigenvalue weighted by molar-refractivity contribution is 6.02. The summed E-state index contributed by atoms with van der Waals surface area (Å²) < 4.78 is 0. The van der Waals surface area contributed by atoms with Crippen molar-refractivity contribution in [3.63, 3.8) is 0 Å². The van der Waals surface area contributed by atoms with Crippen LogP contribution in [0.2, 0.25) is 0 Å². The van der Waals surface area contributed by atoms with Gasteiger partial charge in [-0.1, -0.05) is 25.5 Å². The summed E-state index contributed by atoms with van der Waals surface area (Å²) in [5.41, 5.74) is 4.34. The zero-order chi connectivity index (χ0) is 22.0. The SMILES string of the molecule is CC1CCN(c2ccc(CNC(=O)CC3=C4CCCCC4N(C(C)C)C3=O)cc2)CC1. The highest BCUT2D eigenvalue weighted by Gasteiger charge is 2.41. The summed E-state index contributed by atoms with van der Waals surface area (Å²) in [6, 6.07) is 8.93. The van der Waals surface area contributed by atoms with Gasteiger partial charge in [-0.2, -0.15) is 0 Å². The molecule has 2 heterocycles. The average molecular weight is 424 g/mol. The van der Waals surface area contributed by atoms with Gasteiger partial charge >= 0.3 is 0 Å². The van der Waals surface area contributed by atoms with Gasteiger partial charge in [0.1, 0.15) is 0 Å². The van der Waals surface area contributed by atoms with E-state index in [0.29, 0.717) is 6.54 Å². The third-order valence-corrected chi connectivity index (χ3v) is 7.26. The fourth-order valence-electron chi connectivity index (χ4n) is 5.39. The van der Waals surface area contributed by atoms with E-state index in [9.17, 15) is 9.59 Å². The molecule has 2 aliphatic heterocycles. The van der Waals surface area contributed by atoms with Gasteiger partial charge in [0.25, 0.3) is 5.91 Å². The standard InChI is InChI=1S/C26H37N3O2/c1-18(2)29-24-7-5-4-6-22(24)23(26(29)31)16-25(30)27-17-20-8-10-21(11-9-20)28-14-12-19(3)13-15-28/h8-11,18-19,24H,4-7,12-17H2,1-3H3,(H,27,30). The van der Waals surface area contributed by atoms with Crippen LogP contribution in [-0.4, -0.2) is 41.9 Å². The number of nitrogens with zero attached hydrogens (tertiary/aromatic N) is 2. The lowest BCUT2D eigenvalue weighted by atomic mass is 9.88. The first kappa shape index (κ1) is 21.9. The summed E-state index contributed by atoms with van der Waals surface area (Å²) in [6.45, 7) is 9.22. The molecule has 2 fully saturated rings. The van der Waals surface area contributed by atoms with Crippen molar-refractivity contribution in [1.29, 1.82) is 0 Å². The lowest BCUT2D eigenvalue weighted by molar-refractivity contribution is -0.130. The summed E-state index contributed by atoms with van der Waals surface area (Å²) in [6.07, 6.45) is 6.99. The van der Waals surface area contributed by atoms with E-state index in [4.69, 9.17) is 0 Å². The van der Waals surface area contributed by atoms with Crippen LogP contribution in [0.4, 0.5) is 5.69 Å². The number of hydrogen-bond acceptors (Lipinski definition) is 3. The van der Waals surface area contributed by atoms with Gasteiger partial charge in [0.05, 0.1) is 12.5 Å². The maximum absolute atomic E-state index is 13.0. The Hall–Kier alpha value is -2.30. The maximum Gasteiger partial charge on any atom is 0.251 e. The predicted octanol–water partition coefficient (Wildman–Crippen LogP) is 4.42. The summed E-state index contributed by atoms with van der Waals surface area (Å²) in [7, 11) is 0. The van der Waals surface area contributed by atoms with Gasteiger partial charge in [0.15, 0.2) is 0 Å². The Morgan fingerprint density at radius 2 is 1.81 bits per heavy atom. The molecular formula is C26H37N3O2. The van der Waals surface area contributed by atoms with Crippen molar-refractivity contribution in [2.45, 2.75) is 84.3 Å². The van der Waals surface area contributed by atoms with Crippen LogP contribution >= 0.6 is 0 Å². The lowest BCUT2D eigenvalue weighted by Crippen LogP contribution is -2.41. The fraction of sp³-hybridized carbons (Fsp3) is 0.615. The first-order valence-electron chi connectivity index (χ1n) is 12.1. The molecule has 1 saturated heterocycles. The molecule has 3 aliphatic rings. The molecule has 0 radical (unpaired) electrons. The van der Waals surface area contributed by atoms with E-state index in [1.807, 2.05) is 4.90 Å². The maximum atomic E-state index is 13.0. The number of fused-ring (bicyclic) bond motifs is 1. The van der Waals surface area contributed by atoms with Gasteiger partial charge in [-0.05, 0) is 75.1 Å². The number of amides is 2. The molecule has 0 spiro atoms. The van der Waals surface area contributed by atoms with Crippen molar-refractivity contribution in [3.05, 3.63) is 41.0 Å². The molecular weight excluding hydrogens is 386 g/mol. The Balaban J connectivity index is 1.33. The molecule has 1 aliphatic carbocycles. The number of benzene rings is 1. The summed E-state index contributed by atoms with van der Waals surface area (Å²) in [5, 5.41) is 3.03. The molecule has 31 heavy (non-hydrogen) atoms. The fourth-order valence-corrected chi connectivity index (χ4v) is 5.39. The van der Waals surface area contributed by atoms with E-state index in [1.54, 1.807) is 0 Å². The Morgan fingerprint density at radius 1 is 1.10 bits per heavy atom. The first-order chi connectivity index (χ1) is 14.9. The van der Waals surface area contributed by atoms with Crippen molar-refractivity contribution >= 4 is 17.5 Å². The van der Waals surface area contributed by atoms with Crippen LogP contribution in [0.25, 0.3) is 0 Å². The molecule has 1 saturated carbocycles. The van der Waals surface area contributed by atoms with Crippen molar-refractivity contribution < 1.29 is 9.59 Å². The molecule has 1 N–H and O–H groups in total. The number of nitrogens with one attached hydrogen (secondary N) is 1. The number of carbonyl (C=O) groups excluding carboxylic acids is 2. The minimum absolute atomic E-state index is 0.0557. The number of carbonyl (C=O) groups is 2. The van der Waals surface area contributed by atoms with Gasteiger partial charge in [-0.15, -0.1) is 0 Å². The molecule has 5 heteroatoms. The monoisotopic (exact) mass is 423 g/mol. The quantitative estimate of drug-likeness (QED) is 0.737. The van der Waals surface area contributed by atoms with Crippen molar-refractivity contribution in [2.75, 3.05) is 18.0 Å². The van der Waals surface area contributed by atoms with E-state index >= 15 is 0 Å². The summed E-state index contributed by atoms with van der Waals surface area (Å²) >= 11 is 0. The minimum atomic E-state index is -0.0557. The zero-order valence-corrected chi connectivity index (χ0v) is 19.3. The Labute approximate surface area is 186 Å². The minimum Gasteiger partial charge on any atom is -0.372 e. The van der Waals surface area contributed by atoms with Crippen molar-refractivity contribution in [2.24, 2.45) is 5.92 Å². The van der Waals surface area contributed by atoms with E-state index in [-0.39, 0.29) is 30.3 Å². The normalized spacial score (nSPS) is 22.3. The van der Waals surface area contributed by atoms with Crippen LogP contribution in [-0.2, 0) is 16.1 Å². The van der Waals surface area contributed by atoms with Crippen LogP contribution in [0.3, 0.4) is 0 Å². The molecule has 168 valence electrons. The number of hydrogen-bond donors (Lipinski definition) is 1. The van der Waals surface area contributed by atoms with Gasteiger partial charge in [0.2, 0.25) is 5.91 Å². The first-order valence-corrected chi connectivity index (χ1v) is 12.1. The van der Waals surface area contributed by atoms with Gasteiger partial charge < -0.3 is 15.1 Å². The third kappa shape index (κ3) is 4.81. The number of anilines is 1. The van der Waals surface area contributed by atoms with Crippen LogP contribution in [0, 0.1) is 5.92 Å². The van der Waals surface area contributed by atoms with Crippen LogP contribution in [0.15, 0.2) is 35.4 Å². The van der Waals surface area contributed by atoms with Crippen LogP contribution in [0.5, 0.6) is 0 Å². The average Bonchev–Trinajstić information content (AvgIpc) is 3.05. The second-order valence-electron chi connectivity index (χ2n) is 9.86. The molecule has 5 nitrogen and oxygen atoms in total. The molecule has 0 aromatic heterocycles. The van der Waals surface area contributed by atoms with Gasteiger partial charge in [-0.25, -0.2) is 0 Å². The topological polar surface area (TPSA) is 52.7 Å². The summed E-state index contributed by atoms with van der Waals surface area (Å²) in [4.78, 5) is 30.1. The second kappa shape index (κ2) is 9.46. The Kier molecular flexibility index (Phi) is 6.68. The van der Waals surface area contributed by atoms with Crippen LogP contribution < -0.4 is 10.2 Å². The molecule has 1 unspecified atom stereocenters. The van der Waals surface area contributed by atoms with Crippen LogP contribution in [0.1, 0.15) is 71.3 Å². The largest absolute Gasteiger partial charge is 0.372 e. The Bertz CT molecular complexity index is 835. The van der Waals surface area contributed by atoms with E-state index in [2.05, 4.69) is 55.3 Å². The lowest BCUT2D eigenvalue weighted by Gasteiger charge is -2.33. The van der Waals surface area contributed by atoms with E-state index < -0.39 is 0 Å². The number of rotatable bonds is 6. The van der Waals surface area contributed by atoms with Gasteiger partial charge in [-0.3, -0.25) is 9.59 Å². The van der Waals surface area contributed by atoms with Crippen molar-refractivity contribution in [3.8, 4) is 0 Å². The zero-order valence-electron chi connectivity index (χ0n) is 19.3. The molecule has 1 aromatic rings. The van der Waals surface area contributed by atoms with E-state index in [1.165, 1.54) is 24.1 Å². The molecule has 0 bridgehead atoms. The molecule has 1 atom stereocenters. The predicted molar refractivity (Wildman–Crippen MR) is 125 cm³/mol. The Morgan fingerprint density at radius 3 is 2.48 bits per heavy atom. The van der Waals surface area contributed by atoms with Crippen molar-refractivity contribution in [1.82, 2.24) is 10.2 Å². The third-order valence-electron chi connectivity index (χ3n) is 7.26. The highest BCUT2D eigenvalue weighted by Crippen LogP contribution is 2.38. The van der Waals surface area contributed by atoms with E-state index in [0.717, 1.165) is 55.8 Å². The highest BCUT2D eigenvalue weighted by atomic mass is 16.2. The molecule has 4 rings (SSSR count). The van der Waals surface area contributed by atoms with Gasteiger partial charge in [0, 0.05) is 36.9 Å². The molecule has 1 aromatic carbocycles. The smallest absolute Gasteiger partial charge is 0.251 e. The molecule has 2 amide bonds. The number of piperidine rings is 1. The summed E-state index contributed by atoms with van der Waals surface area (Å²) in [5.74, 6) is 0.845.